The minimum Gasteiger partial charge on any atom is -0.494 e. The van der Waals surface area contributed by atoms with Gasteiger partial charge in [-0.1, -0.05) is 32.4 Å². The molecule has 0 aliphatic rings. The Labute approximate surface area is 143 Å². The highest BCUT2D eigenvalue weighted by Crippen LogP contribution is 2.17. The van der Waals surface area contributed by atoms with Crippen molar-refractivity contribution in [3.8, 4) is 11.5 Å². The summed E-state index contributed by atoms with van der Waals surface area (Å²) in [7, 11) is 0. The highest BCUT2D eigenvalue weighted by atomic mass is 16.5. The van der Waals surface area contributed by atoms with Crippen LogP contribution in [0.3, 0.4) is 0 Å². The van der Waals surface area contributed by atoms with Crippen molar-refractivity contribution in [2.45, 2.75) is 33.1 Å². The van der Waals surface area contributed by atoms with E-state index in [4.69, 9.17) is 9.47 Å². The van der Waals surface area contributed by atoms with Crippen LogP contribution in [0, 0.1) is 0 Å². The number of aryl methyl sites for hydroxylation is 1. The van der Waals surface area contributed by atoms with Gasteiger partial charge in [0.25, 0.3) is 5.91 Å². The molecule has 0 radical (unpaired) electrons. The maximum Gasteiger partial charge on any atom is 0.262 e. The highest BCUT2D eigenvalue weighted by molar-refractivity contribution is 5.91. The molecule has 1 amide bonds. The minimum absolute atomic E-state index is 0.0120. The second kappa shape index (κ2) is 9.60. The number of carbonyl (C=O) groups is 1. The van der Waals surface area contributed by atoms with Gasteiger partial charge in [-0.2, -0.15) is 0 Å². The molecule has 0 fully saturated rings. The van der Waals surface area contributed by atoms with Gasteiger partial charge in [-0.25, -0.2) is 0 Å². The average molecular weight is 327 g/mol. The summed E-state index contributed by atoms with van der Waals surface area (Å²) in [6.07, 6.45) is 3.08. The lowest BCUT2D eigenvalue weighted by Gasteiger charge is -2.09. The number of hydrogen-bond donors (Lipinski definition) is 1. The van der Waals surface area contributed by atoms with Crippen molar-refractivity contribution in [1.29, 1.82) is 0 Å². The largest absolute Gasteiger partial charge is 0.494 e. The predicted octanol–water partition coefficient (Wildman–Crippen LogP) is 4.45. The molecule has 0 unspecified atom stereocenters. The molecule has 4 heteroatoms. The maximum atomic E-state index is 12.0. The van der Waals surface area contributed by atoms with Crippen molar-refractivity contribution in [3.05, 3.63) is 54.1 Å². The van der Waals surface area contributed by atoms with Crippen LogP contribution in [0.4, 0.5) is 5.69 Å². The van der Waals surface area contributed by atoms with E-state index in [1.807, 2.05) is 48.5 Å². The van der Waals surface area contributed by atoms with Crippen LogP contribution >= 0.6 is 0 Å². The van der Waals surface area contributed by atoms with Gasteiger partial charge in [0.05, 0.1) is 6.61 Å². The number of nitrogens with one attached hydrogen (secondary N) is 1. The summed E-state index contributed by atoms with van der Waals surface area (Å²) in [6, 6.07) is 15.2. The molecule has 0 saturated carbocycles. The van der Waals surface area contributed by atoms with E-state index in [0.29, 0.717) is 12.4 Å². The van der Waals surface area contributed by atoms with Gasteiger partial charge in [-0.15, -0.1) is 0 Å². The first kappa shape index (κ1) is 17.9. The molecule has 1 N–H and O–H groups in total. The van der Waals surface area contributed by atoms with E-state index >= 15 is 0 Å². The first-order valence-electron chi connectivity index (χ1n) is 8.45. The minimum atomic E-state index is -0.184. The fraction of sp³-hybridized carbons (Fsp3) is 0.350. The number of anilines is 1. The third-order valence-corrected chi connectivity index (χ3v) is 3.58. The predicted molar refractivity (Wildman–Crippen MR) is 96.8 cm³/mol. The Morgan fingerprint density at radius 1 is 1.00 bits per heavy atom. The molecule has 2 rings (SSSR count). The van der Waals surface area contributed by atoms with E-state index in [2.05, 4.69) is 19.2 Å². The molecule has 24 heavy (non-hydrogen) atoms. The van der Waals surface area contributed by atoms with Crippen LogP contribution in [-0.4, -0.2) is 19.1 Å². The van der Waals surface area contributed by atoms with Gasteiger partial charge >= 0.3 is 0 Å². The SMILES string of the molecule is CCCCOc1ccc(NC(=O)COc2cccc(CC)c2)cc1. The van der Waals surface area contributed by atoms with Crippen molar-refractivity contribution in [1.82, 2.24) is 0 Å². The normalized spacial score (nSPS) is 10.2. The second-order valence-electron chi connectivity index (χ2n) is 5.56. The summed E-state index contributed by atoms with van der Waals surface area (Å²) in [5, 5.41) is 2.82. The van der Waals surface area contributed by atoms with Crippen molar-refractivity contribution < 1.29 is 14.3 Å². The van der Waals surface area contributed by atoms with Gasteiger partial charge in [-0.05, 0) is 54.8 Å². The molecular formula is C20H25NO3. The Bertz CT molecular complexity index is 638. The van der Waals surface area contributed by atoms with Crippen LogP contribution in [0.15, 0.2) is 48.5 Å². The average Bonchev–Trinajstić information content (AvgIpc) is 2.62. The quantitative estimate of drug-likeness (QED) is 0.692. The molecule has 0 heterocycles. The second-order valence-corrected chi connectivity index (χ2v) is 5.56. The molecule has 0 spiro atoms. The molecule has 128 valence electrons. The third-order valence-electron chi connectivity index (χ3n) is 3.58. The van der Waals surface area contributed by atoms with E-state index < -0.39 is 0 Å². The van der Waals surface area contributed by atoms with Crippen molar-refractivity contribution in [2.24, 2.45) is 0 Å². The summed E-state index contributed by atoms with van der Waals surface area (Å²) >= 11 is 0. The Kier molecular flexibility index (Phi) is 7.15. The van der Waals surface area contributed by atoms with Crippen molar-refractivity contribution >= 4 is 11.6 Å². The standard InChI is InChI=1S/C20H25NO3/c1-3-5-13-23-18-11-9-17(10-12-18)21-20(22)15-24-19-8-6-7-16(4-2)14-19/h6-12,14H,3-5,13,15H2,1-2H3,(H,21,22). The van der Waals surface area contributed by atoms with Gasteiger partial charge in [0.2, 0.25) is 0 Å². The molecular weight excluding hydrogens is 302 g/mol. The summed E-state index contributed by atoms with van der Waals surface area (Å²) in [5.41, 5.74) is 1.92. The summed E-state index contributed by atoms with van der Waals surface area (Å²) < 4.78 is 11.1. The number of unbranched alkanes of at least 4 members (excludes halogenated alkanes) is 1. The molecule has 2 aromatic rings. The summed E-state index contributed by atoms with van der Waals surface area (Å²) in [5.74, 6) is 1.34. The smallest absolute Gasteiger partial charge is 0.262 e. The molecule has 0 aliphatic carbocycles. The lowest BCUT2D eigenvalue weighted by Crippen LogP contribution is -2.20. The Morgan fingerprint density at radius 2 is 1.79 bits per heavy atom. The van der Waals surface area contributed by atoms with Crippen molar-refractivity contribution in [2.75, 3.05) is 18.5 Å². The van der Waals surface area contributed by atoms with E-state index in [-0.39, 0.29) is 12.5 Å². The highest BCUT2D eigenvalue weighted by Gasteiger charge is 2.04. The van der Waals surface area contributed by atoms with Gasteiger partial charge in [-0.3, -0.25) is 4.79 Å². The molecule has 0 aromatic heterocycles. The van der Waals surface area contributed by atoms with E-state index in [9.17, 15) is 4.79 Å². The summed E-state index contributed by atoms with van der Waals surface area (Å²) in [4.78, 5) is 12.0. The van der Waals surface area contributed by atoms with Crippen molar-refractivity contribution in [3.63, 3.8) is 0 Å². The Balaban J connectivity index is 1.79. The zero-order chi connectivity index (χ0) is 17.2. The van der Waals surface area contributed by atoms with Crippen LogP contribution in [0.1, 0.15) is 32.3 Å². The Morgan fingerprint density at radius 3 is 2.50 bits per heavy atom. The first-order valence-corrected chi connectivity index (χ1v) is 8.45. The molecule has 0 aliphatic heterocycles. The Hall–Kier alpha value is -2.49. The lowest BCUT2D eigenvalue weighted by atomic mass is 10.2. The molecule has 0 atom stereocenters. The van der Waals surface area contributed by atoms with E-state index in [1.165, 1.54) is 5.56 Å². The van der Waals surface area contributed by atoms with Crippen LogP contribution < -0.4 is 14.8 Å². The molecule has 4 nitrogen and oxygen atoms in total. The number of amides is 1. The number of rotatable bonds is 9. The number of hydrogen-bond acceptors (Lipinski definition) is 3. The van der Waals surface area contributed by atoms with Gasteiger partial charge in [0.15, 0.2) is 6.61 Å². The molecule has 0 bridgehead atoms. The molecule has 2 aromatic carbocycles. The van der Waals surface area contributed by atoms with E-state index in [1.54, 1.807) is 0 Å². The maximum absolute atomic E-state index is 12.0. The van der Waals surface area contributed by atoms with Crippen LogP contribution in [0.5, 0.6) is 11.5 Å². The fourth-order valence-corrected chi connectivity index (χ4v) is 2.17. The van der Waals surface area contributed by atoms with Gasteiger partial charge in [0, 0.05) is 5.69 Å². The summed E-state index contributed by atoms with van der Waals surface area (Å²) in [6.45, 7) is 4.92. The first-order chi connectivity index (χ1) is 11.7. The number of carbonyl (C=O) groups excluding carboxylic acids is 1. The van der Waals surface area contributed by atoms with Crippen LogP contribution in [-0.2, 0) is 11.2 Å². The topological polar surface area (TPSA) is 47.6 Å². The van der Waals surface area contributed by atoms with Gasteiger partial charge < -0.3 is 14.8 Å². The van der Waals surface area contributed by atoms with Gasteiger partial charge in [0.1, 0.15) is 11.5 Å². The lowest BCUT2D eigenvalue weighted by molar-refractivity contribution is -0.118. The fourth-order valence-electron chi connectivity index (χ4n) is 2.17. The molecule has 0 saturated heterocycles. The van der Waals surface area contributed by atoms with Crippen LogP contribution in [0.25, 0.3) is 0 Å². The number of ether oxygens (including phenoxy) is 2. The zero-order valence-corrected chi connectivity index (χ0v) is 14.4. The monoisotopic (exact) mass is 327 g/mol. The number of benzene rings is 2. The van der Waals surface area contributed by atoms with Crippen LogP contribution in [0.2, 0.25) is 0 Å². The zero-order valence-electron chi connectivity index (χ0n) is 14.4. The van der Waals surface area contributed by atoms with E-state index in [0.717, 1.165) is 30.7 Å². The third kappa shape index (κ3) is 5.95.